The molecule has 4 rings (SSSR count). The van der Waals surface area contributed by atoms with Crippen molar-refractivity contribution in [3.63, 3.8) is 0 Å². The number of nitrogens with one attached hydrogen (secondary N) is 1. The average Bonchev–Trinajstić information content (AvgIpc) is 2.82. The Labute approximate surface area is 187 Å². The fourth-order valence-corrected chi connectivity index (χ4v) is 5.84. The maximum Gasteiger partial charge on any atom is 0.270 e. The number of hydrogen-bond acceptors (Lipinski definition) is 6. The van der Waals surface area contributed by atoms with E-state index in [1.165, 1.54) is 28.1 Å². The van der Waals surface area contributed by atoms with Gasteiger partial charge in [-0.05, 0) is 55.0 Å². The third-order valence-corrected chi connectivity index (χ3v) is 8.09. The summed E-state index contributed by atoms with van der Waals surface area (Å²) < 4.78 is 27.8. The molecule has 10 heteroatoms. The molecule has 0 radical (unpaired) electrons. The van der Waals surface area contributed by atoms with Crippen molar-refractivity contribution in [2.24, 2.45) is 0 Å². The van der Waals surface area contributed by atoms with Crippen LogP contribution < -0.4 is 5.32 Å². The maximum absolute atomic E-state index is 13.2. The zero-order valence-electron chi connectivity index (χ0n) is 17.9. The van der Waals surface area contributed by atoms with E-state index in [1.54, 1.807) is 24.1 Å². The first kappa shape index (κ1) is 22.2. The molecule has 1 aliphatic heterocycles. The number of carbonyl (C=O) groups is 1. The van der Waals surface area contributed by atoms with Crippen molar-refractivity contribution in [3.05, 3.63) is 63.2 Å². The smallest absolute Gasteiger partial charge is 0.270 e. The average molecular weight is 459 g/mol. The number of aryl methyl sites for hydroxylation is 2. The molecular weight excluding hydrogens is 432 g/mol. The third kappa shape index (κ3) is 4.20. The number of non-ortho nitro benzene ring substituents is 1. The van der Waals surface area contributed by atoms with Crippen LogP contribution in [0.25, 0.3) is 0 Å². The lowest BCUT2D eigenvalue weighted by atomic mass is 9.92. The largest absolute Gasteiger partial charge is 0.387 e. The normalized spacial score (nSPS) is 17.0. The highest BCUT2D eigenvalue weighted by molar-refractivity contribution is 7.89. The molecule has 0 spiro atoms. The first-order valence-electron chi connectivity index (χ1n) is 10.7. The van der Waals surface area contributed by atoms with Gasteiger partial charge in [0.2, 0.25) is 10.0 Å². The predicted molar refractivity (Wildman–Crippen MR) is 120 cm³/mol. The van der Waals surface area contributed by atoms with Crippen LogP contribution in [0, 0.1) is 10.1 Å². The summed E-state index contributed by atoms with van der Waals surface area (Å²) >= 11 is 0. The van der Waals surface area contributed by atoms with E-state index in [1.807, 2.05) is 6.07 Å². The molecule has 1 N–H and O–H groups in total. The minimum atomic E-state index is -3.65. The highest BCUT2D eigenvalue weighted by Crippen LogP contribution is 2.27. The molecule has 1 saturated heterocycles. The molecule has 2 aromatic carbocycles. The van der Waals surface area contributed by atoms with Crippen LogP contribution in [0.5, 0.6) is 0 Å². The van der Waals surface area contributed by atoms with Crippen LogP contribution in [0.4, 0.5) is 11.4 Å². The highest BCUT2D eigenvalue weighted by Gasteiger charge is 2.32. The Morgan fingerprint density at radius 3 is 2.34 bits per heavy atom. The number of amides is 1. The molecule has 1 heterocycles. The lowest BCUT2D eigenvalue weighted by Crippen LogP contribution is -2.50. The summed E-state index contributed by atoms with van der Waals surface area (Å²) in [5.74, 6) is -0.358. The van der Waals surface area contributed by atoms with Gasteiger partial charge in [-0.25, -0.2) is 8.42 Å². The minimum Gasteiger partial charge on any atom is -0.387 e. The van der Waals surface area contributed by atoms with E-state index in [4.69, 9.17) is 0 Å². The Bertz CT molecular complexity index is 1160. The van der Waals surface area contributed by atoms with Crippen LogP contribution in [0.3, 0.4) is 0 Å². The second kappa shape index (κ2) is 8.87. The Morgan fingerprint density at radius 1 is 1.00 bits per heavy atom. The van der Waals surface area contributed by atoms with Crippen molar-refractivity contribution in [2.75, 3.05) is 38.5 Å². The topological polar surface area (TPSA) is 113 Å². The van der Waals surface area contributed by atoms with Crippen molar-refractivity contribution in [1.82, 2.24) is 9.21 Å². The summed E-state index contributed by atoms with van der Waals surface area (Å²) in [6.07, 6.45) is 4.10. The highest BCUT2D eigenvalue weighted by atomic mass is 32.2. The van der Waals surface area contributed by atoms with Gasteiger partial charge in [0.05, 0.1) is 15.4 Å². The summed E-state index contributed by atoms with van der Waals surface area (Å²) in [7, 11) is -2.01. The van der Waals surface area contributed by atoms with Crippen LogP contribution in [0.1, 0.15) is 34.3 Å². The van der Waals surface area contributed by atoms with Crippen LogP contribution in [0.15, 0.2) is 41.3 Å². The summed E-state index contributed by atoms with van der Waals surface area (Å²) in [6, 6.07) is 9.49. The van der Waals surface area contributed by atoms with Gasteiger partial charge in [0.1, 0.15) is 0 Å². The molecule has 0 saturated carbocycles. The number of anilines is 1. The molecule has 2 aliphatic rings. The molecule has 0 aromatic heterocycles. The van der Waals surface area contributed by atoms with Gasteiger partial charge >= 0.3 is 0 Å². The molecule has 0 atom stereocenters. The van der Waals surface area contributed by atoms with E-state index in [9.17, 15) is 23.3 Å². The van der Waals surface area contributed by atoms with Gasteiger partial charge in [-0.1, -0.05) is 6.07 Å². The van der Waals surface area contributed by atoms with Crippen LogP contribution >= 0.6 is 0 Å². The third-order valence-electron chi connectivity index (χ3n) is 6.20. The standard InChI is InChI=1S/C22H26N4O5S/c1-23-21-9-7-18(26(28)29)15-20(21)22(27)24-10-12-25(13-11-24)32(30,31)19-8-6-16-4-2-3-5-17(16)14-19/h6-9,14-15,23H,2-5,10-13H2,1H3. The van der Waals surface area contributed by atoms with Crippen molar-refractivity contribution in [1.29, 1.82) is 0 Å². The number of nitrogens with zero attached hydrogens (tertiary/aromatic N) is 3. The molecule has 170 valence electrons. The number of sulfonamides is 1. The fraction of sp³-hybridized carbons (Fsp3) is 0.409. The van der Waals surface area contributed by atoms with E-state index < -0.39 is 14.9 Å². The molecule has 1 amide bonds. The van der Waals surface area contributed by atoms with Crippen LogP contribution in [-0.2, 0) is 22.9 Å². The molecular formula is C22H26N4O5S. The van der Waals surface area contributed by atoms with Gasteiger partial charge < -0.3 is 10.2 Å². The zero-order valence-corrected chi connectivity index (χ0v) is 18.7. The monoisotopic (exact) mass is 458 g/mol. The maximum atomic E-state index is 13.2. The molecule has 2 aromatic rings. The summed E-state index contributed by atoms with van der Waals surface area (Å²) in [6.45, 7) is 0.785. The van der Waals surface area contributed by atoms with Crippen LogP contribution in [-0.4, -0.2) is 61.7 Å². The quantitative estimate of drug-likeness (QED) is 0.544. The lowest BCUT2D eigenvalue weighted by Gasteiger charge is -2.34. The number of fused-ring (bicyclic) bond motifs is 1. The first-order chi connectivity index (χ1) is 15.3. The number of rotatable bonds is 5. The molecule has 0 unspecified atom stereocenters. The summed E-state index contributed by atoms with van der Waals surface area (Å²) in [5.41, 5.74) is 2.86. The summed E-state index contributed by atoms with van der Waals surface area (Å²) in [5, 5.41) is 14.0. The lowest BCUT2D eigenvalue weighted by molar-refractivity contribution is -0.384. The number of benzene rings is 2. The van der Waals surface area contributed by atoms with Gasteiger partial charge in [-0.2, -0.15) is 4.31 Å². The van der Waals surface area contributed by atoms with Crippen molar-refractivity contribution >= 4 is 27.3 Å². The van der Waals surface area contributed by atoms with Crippen molar-refractivity contribution in [2.45, 2.75) is 30.6 Å². The zero-order chi connectivity index (χ0) is 22.9. The van der Waals surface area contributed by atoms with Gasteiger partial charge in [0.15, 0.2) is 0 Å². The second-order valence-electron chi connectivity index (χ2n) is 8.07. The molecule has 0 bridgehead atoms. The van der Waals surface area contributed by atoms with Crippen LogP contribution in [0.2, 0.25) is 0 Å². The van der Waals surface area contributed by atoms with E-state index in [0.717, 1.165) is 31.2 Å². The van der Waals surface area contributed by atoms with Crippen molar-refractivity contribution in [3.8, 4) is 0 Å². The number of piperazine rings is 1. The van der Waals surface area contributed by atoms with E-state index >= 15 is 0 Å². The Balaban J connectivity index is 1.49. The number of hydrogen-bond donors (Lipinski definition) is 1. The Hall–Kier alpha value is -2.98. The van der Waals surface area contributed by atoms with E-state index in [-0.39, 0.29) is 43.3 Å². The predicted octanol–water partition coefficient (Wildman–Crippen LogP) is 2.66. The van der Waals surface area contributed by atoms with E-state index in [2.05, 4.69) is 5.32 Å². The Kier molecular flexibility index (Phi) is 6.16. The molecule has 32 heavy (non-hydrogen) atoms. The number of nitro groups is 1. The fourth-order valence-electron chi connectivity index (χ4n) is 4.36. The minimum absolute atomic E-state index is 0.166. The van der Waals surface area contributed by atoms with Gasteiger partial charge in [0.25, 0.3) is 11.6 Å². The van der Waals surface area contributed by atoms with Gasteiger partial charge in [-0.3, -0.25) is 14.9 Å². The first-order valence-corrected chi connectivity index (χ1v) is 12.1. The SMILES string of the molecule is CNc1ccc([N+](=O)[O-])cc1C(=O)N1CCN(S(=O)(=O)c2ccc3c(c2)CCCC3)CC1. The molecule has 9 nitrogen and oxygen atoms in total. The van der Waals surface area contributed by atoms with Crippen molar-refractivity contribution < 1.29 is 18.1 Å². The van der Waals surface area contributed by atoms with Gasteiger partial charge in [-0.15, -0.1) is 0 Å². The number of nitro benzene ring substituents is 1. The molecule has 1 aliphatic carbocycles. The second-order valence-corrected chi connectivity index (χ2v) is 10.0. The van der Waals surface area contributed by atoms with Gasteiger partial charge in [0, 0.05) is 51.0 Å². The molecule has 1 fully saturated rings. The number of carbonyl (C=O) groups excluding carboxylic acids is 1. The summed E-state index contributed by atoms with van der Waals surface area (Å²) in [4.78, 5) is 25.5. The van der Waals surface area contributed by atoms with E-state index in [0.29, 0.717) is 10.6 Å². The Morgan fingerprint density at radius 2 is 1.69 bits per heavy atom.